The molecule has 0 fully saturated rings. The second-order valence-corrected chi connectivity index (χ2v) is 10.0. The van der Waals surface area contributed by atoms with Crippen molar-refractivity contribution in [3.8, 4) is 11.5 Å². The summed E-state index contributed by atoms with van der Waals surface area (Å²) in [5.74, 6) is 1.33. The van der Waals surface area contributed by atoms with Crippen molar-refractivity contribution in [3.63, 3.8) is 0 Å². The molecule has 26 heavy (non-hydrogen) atoms. The molecule has 0 bridgehead atoms. The SMILES string of the molecule is Cc1ccc2cccc([O][Zr]([Cl])[O]c3cccc4ccc(C)nc34)c2n1. The zero-order valence-corrected chi connectivity index (χ0v) is 17.6. The van der Waals surface area contributed by atoms with Gasteiger partial charge in [-0.15, -0.1) is 0 Å². The maximum absolute atomic E-state index is 6.53. The number of fused-ring (bicyclic) bond motifs is 2. The van der Waals surface area contributed by atoms with Crippen LogP contribution in [0, 0.1) is 13.8 Å². The van der Waals surface area contributed by atoms with Gasteiger partial charge in [0.15, 0.2) is 0 Å². The van der Waals surface area contributed by atoms with E-state index in [4.69, 9.17) is 14.1 Å². The summed E-state index contributed by atoms with van der Waals surface area (Å²) in [5.41, 5.74) is 3.48. The molecule has 0 atom stereocenters. The van der Waals surface area contributed by atoms with Crippen molar-refractivity contribution < 1.29 is 27.1 Å². The van der Waals surface area contributed by atoms with Crippen molar-refractivity contribution in [3.05, 3.63) is 72.1 Å². The van der Waals surface area contributed by atoms with Gasteiger partial charge in [-0.3, -0.25) is 0 Å². The van der Waals surface area contributed by atoms with Crippen molar-refractivity contribution in [2.45, 2.75) is 13.8 Å². The topological polar surface area (TPSA) is 44.2 Å². The van der Waals surface area contributed by atoms with E-state index >= 15 is 0 Å². The summed E-state index contributed by atoms with van der Waals surface area (Å²) < 4.78 is 12.0. The van der Waals surface area contributed by atoms with Gasteiger partial charge >= 0.3 is 165 Å². The summed E-state index contributed by atoms with van der Waals surface area (Å²) in [6, 6.07) is 19.7. The average Bonchev–Trinajstić information content (AvgIpc) is 2.63. The van der Waals surface area contributed by atoms with E-state index in [1.165, 1.54) is 0 Å². The van der Waals surface area contributed by atoms with E-state index in [2.05, 4.69) is 9.97 Å². The number of aryl methyl sites for hydroxylation is 2. The van der Waals surface area contributed by atoms with E-state index in [1.807, 2.05) is 74.5 Å². The molecule has 129 valence electrons. The van der Waals surface area contributed by atoms with Gasteiger partial charge in [-0.05, 0) is 0 Å². The summed E-state index contributed by atoms with van der Waals surface area (Å²) in [7, 11) is 6.53. The third kappa shape index (κ3) is 3.60. The Kier molecular flexibility index (Phi) is 4.92. The summed E-state index contributed by atoms with van der Waals surface area (Å²) in [6.07, 6.45) is 0. The molecule has 6 heteroatoms. The van der Waals surface area contributed by atoms with Crippen molar-refractivity contribution in [2.24, 2.45) is 0 Å². The molecule has 0 N–H and O–H groups in total. The van der Waals surface area contributed by atoms with Crippen LogP contribution in [0.5, 0.6) is 11.5 Å². The van der Waals surface area contributed by atoms with E-state index in [0.29, 0.717) is 11.5 Å². The Balaban J connectivity index is 1.63. The van der Waals surface area contributed by atoms with Gasteiger partial charge in [0.2, 0.25) is 0 Å². The van der Waals surface area contributed by atoms with E-state index in [-0.39, 0.29) is 0 Å². The van der Waals surface area contributed by atoms with Crippen LogP contribution in [0.1, 0.15) is 11.4 Å². The Bertz CT molecular complexity index is 1020. The molecule has 0 unspecified atom stereocenters. The van der Waals surface area contributed by atoms with Gasteiger partial charge in [0.25, 0.3) is 0 Å². The second-order valence-electron chi connectivity index (χ2n) is 6.00. The third-order valence-electron chi connectivity index (χ3n) is 4.03. The van der Waals surface area contributed by atoms with Gasteiger partial charge in [-0.25, -0.2) is 0 Å². The van der Waals surface area contributed by atoms with Gasteiger partial charge in [-0.1, -0.05) is 0 Å². The van der Waals surface area contributed by atoms with Crippen molar-refractivity contribution >= 4 is 30.3 Å². The Morgan fingerprint density at radius 3 is 1.62 bits per heavy atom. The summed E-state index contributed by atoms with van der Waals surface area (Å²) in [5, 5.41) is 2.03. The van der Waals surface area contributed by atoms with E-state index in [9.17, 15) is 0 Å². The molecule has 0 saturated carbocycles. The number of hydrogen-bond donors (Lipinski definition) is 0. The average molecular weight is 443 g/mol. The Morgan fingerprint density at radius 1 is 0.692 bits per heavy atom. The van der Waals surface area contributed by atoms with Crippen LogP contribution in [0.3, 0.4) is 0 Å². The minimum absolute atomic E-state index is 0.667. The molecule has 0 aliphatic heterocycles. The molecule has 0 aliphatic carbocycles. The second kappa shape index (κ2) is 7.34. The Hall–Kier alpha value is -1.97. The van der Waals surface area contributed by atoms with Crippen LogP contribution in [0.2, 0.25) is 0 Å². The summed E-state index contributed by atoms with van der Waals surface area (Å²) in [6.45, 7) is 3.91. The van der Waals surface area contributed by atoms with Crippen molar-refractivity contribution in [2.75, 3.05) is 0 Å². The van der Waals surface area contributed by atoms with Gasteiger partial charge in [0.1, 0.15) is 0 Å². The molecular formula is C20H16ClN2O2Zr. The third-order valence-corrected chi connectivity index (χ3v) is 6.81. The standard InChI is InChI=1S/2C10H9NO.ClH.Zr/c2*1-7-5-6-8-3-2-4-9(12)10(8)11-7;;/h2*2-6,12H,1H3;1H;/q;;;+3/p-3. The quantitative estimate of drug-likeness (QED) is 0.421. The fourth-order valence-corrected chi connectivity index (χ4v) is 5.54. The number of rotatable bonds is 4. The van der Waals surface area contributed by atoms with E-state index < -0.39 is 21.4 Å². The molecule has 0 amide bonds. The first-order valence-corrected chi connectivity index (χ1v) is 13.4. The van der Waals surface area contributed by atoms with Gasteiger partial charge in [0, 0.05) is 0 Å². The number of halogens is 1. The van der Waals surface area contributed by atoms with Crippen LogP contribution in [-0.4, -0.2) is 9.97 Å². The molecule has 0 aliphatic rings. The zero-order chi connectivity index (χ0) is 18.1. The number of pyridine rings is 2. The zero-order valence-electron chi connectivity index (χ0n) is 14.4. The van der Waals surface area contributed by atoms with Crippen molar-refractivity contribution in [1.29, 1.82) is 0 Å². The molecule has 4 rings (SSSR count). The molecule has 0 radical (unpaired) electrons. The summed E-state index contributed by atoms with van der Waals surface area (Å²) in [4.78, 5) is 9.15. The fourth-order valence-electron chi connectivity index (χ4n) is 2.79. The molecule has 2 aromatic heterocycles. The molecule has 4 aromatic rings. The maximum atomic E-state index is 6.53. The molecule has 2 heterocycles. The molecular weight excluding hydrogens is 427 g/mol. The molecule has 0 saturated heterocycles. The predicted molar refractivity (Wildman–Crippen MR) is 100 cm³/mol. The van der Waals surface area contributed by atoms with Gasteiger partial charge < -0.3 is 0 Å². The summed E-state index contributed by atoms with van der Waals surface area (Å²) >= 11 is -3.14. The van der Waals surface area contributed by atoms with Crippen LogP contribution in [0.25, 0.3) is 21.8 Å². The first-order chi connectivity index (χ1) is 12.6. The monoisotopic (exact) mass is 441 g/mol. The predicted octanol–water partition coefficient (Wildman–Crippen LogP) is 5.46. The molecule has 2 aromatic carbocycles. The van der Waals surface area contributed by atoms with Gasteiger partial charge in [-0.2, -0.15) is 0 Å². The van der Waals surface area contributed by atoms with Crippen LogP contribution < -0.4 is 5.63 Å². The number of benzene rings is 2. The number of para-hydroxylation sites is 2. The van der Waals surface area contributed by atoms with Crippen LogP contribution in [0.15, 0.2) is 60.7 Å². The molecule has 4 nitrogen and oxygen atoms in total. The van der Waals surface area contributed by atoms with Crippen LogP contribution in [-0.2, 0) is 21.4 Å². The van der Waals surface area contributed by atoms with Crippen LogP contribution in [0.4, 0.5) is 0 Å². The number of nitrogens with zero attached hydrogens (tertiary/aromatic N) is 2. The Labute approximate surface area is 164 Å². The van der Waals surface area contributed by atoms with E-state index in [1.54, 1.807) is 0 Å². The normalized spacial score (nSPS) is 10.9. The van der Waals surface area contributed by atoms with E-state index in [0.717, 1.165) is 33.2 Å². The van der Waals surface area contributed by atoms with Crippen molar-refractivity contribution in [1.82, 2.24) is 9.97 Å². The molecule has 0 spiro atoms. The first-order valence-electron chi connectivity index (χ1n) is 8.21. The Morgan fingerprint density at radius 2 is 1.15 bits per heavy atom. The number of hydrogen-bond acceptors (Lipinski definition) is 4. The fraction of sp³-hybridized carbons (Fsp3) is 0.100. The minimum atomic E-state index is -3.14. The van der Waals surface area contributed by atoms with Gasteiger partial charge in [0.05, 0.1) is 0 Å². The number of aromatic nitrogens is 2. The first kappa shape index (κ1) is 17.4. The van der Waals surface area contributed by atoms with Crippen LogP contribution >= 0.6 is 8.51 Å².